The summed E-state index contributed by atoms with van der Waals surface area (Å²) < 4.78 is 39.9. The molecular weight excluding hydrogens is 475 g/mol. The molecule has 13 heteroatoms. The number of unbranched alkanes of at least 4 members (excludes halogenated alkanes) is 1. The van der Waals surface area contributed by atoms with Crippen LogP contribution in [-0.2, 0) is 12.6 Å². The highest BCUT2D eigenvalue weighted by molar-refractivity contribution is 7.82. The van der Waals surface area contributed by atoms with Crippen LogP contribution in [0.1, 0.15) is 24.2 Å². The second-order valence-electron chi connectivity index (χ2n) is 7.09. The van der Waals surface area contributed by atoms with Gasteiger partial charge in [-0.1, -0.05) is 5.21 Å². The molecule has 0 fully saturated rings. The van der Waals surface area contributed by atoms with Crippen molar-refractivity contribution in [2.75, 3.05) is 16.8 Å². The summed E-state index contributed by atoms with van der Waals surface area (Å²) in [5.41, 5.74) is 0.899. The standard InChI is InChI=1S/C20H18F3N7OS2/c21-20(22,23)12-4-6-13(7-5-12)24-18(31)30(10-2-1-3-17-26-28-29-27-17)14-8-9-15-16(11-14)33-19(32)25-15/h4-9,11H,1-3,10H2,(H,24,31)(H,25,32)(H,26,27,28,29). The highest BCUT2D eigenvalue weighted by Gasteiger charge is 2.30. The van der Waals surface area contributed by atoms with E-state index < -0.39 is 17.8 Å². The molecule has 2 heterocycles. The second kappa shape index (κ2) is 9.75. The number of aryl methyl sites for hydroxylation is 1. The molecular formula is C20H18F3N7OS2. The van der Waals surface area contributed by atoms with Crippen LogP contribution in [0.25, 0.3) is 10.2 Å². The number of alkyl halides is 3. The van der Waals surface area contributed by atoms with Crippen molar-refractivity contribution in [3.63, 3.8) is 0 Å². The Morgan fingerprint density at radius 3 is 2.64 bits per heavy atom. The Balaban J connectivity index is 1.50. The molecule has 0 unspecified atom stereocenters. The molecule has 0 aliphatic rings. The van der Waals surface area contributed by atoms with Crippen molar-refractivity contribution in [2.24, 2.45) is 0 Å². The maximum absolute atomic E-state index is 13.1. The number of carbonyl (C=O) groups excluding carboxylic acids is 1. The number of thiol groups is 1. The third-order valence-corrected chi connectivity index (χ3v) is 6.00. The number of H-pyrrole nitrogens is 1. The largest absolute Gasteiger partial charge is 0.416 e. The molecule has 0 atom stereocenters. The van der Waals surface area contributed by atoms with Gasteiger partial charge in [-0.25, -0.2) is 9.78 Å². The fourth-order valence-corrected chi connectivity index (χ4v) is 4.33. The van der Waals surface area contributed by atoms with Crippen molar-refractivity contribution in [2.45, 2.75) is 29.8 Å². The van der Waals surface area contributed by atoms with Gasteiger partial charge in [-0.3, -0.25) is 4.90 Å². The third-order valence-electron chi connectivity index (χ3n) is 4.80. The second-order valence-corrected chi connectivity index (χ2v) is 8.85. The predicted molar refractivity (Wildman–Crippen MR) is 122 cm³/mol. The lowest BCUT2D eigenvalue weighted by Gasteiger charge is -2.23. The third kappa shape index (κ3) is 5.79. The number of urea groups is 1. The first kappa shape index (κ1) is 23.0. The van der Waals surface area contributed by atoms with E-state index in [1.54, 1.807) is 17.0 Å². The molecule has 33 heavy (non-hydrogen) atoms. The Bertz CT molecular complexity index is 1230. The molecule has 2 amide bonds. The van der Waals surface area contributed by atoms with Crippen LogP contribution in [0.3, 0.4) is 0 Å². The summed E-state index contributed by atoms with van der Waals surface area (Å²) in [5, 5.41) is 16.4. The minimum absolute atomic E-state index is 0.265. The maximum Gasteiger partial charge on any atom is 0.416 e. The Hall–Kier alpha value is -3.19. The lowest BCUT2D eigenvalue weighted by atomic mass is 10.2. The van der Waals surface area contributed by atoms with Crippen LogP contribution in [0.15, 0.2) is 46.8 Å². The zero-order valence-corrected chi connectivity index (χ0v) is 18.7. The number of hydrogen-bond donors (Lipinski definition) is 3. The summed E-state index contributed by atoms with van der Waals surface area (Å²) >= 11 is 5.67. The zero-order chi connectivity index (χ0) is 23.4. The number of benzene rings is 2. The van der Waals surface area contributed by atoms with E-state index in [2.05, 4.69) is 43.6 Å². The number of nitrogens with one attached hydrogen (secondary N) is 2. The number of nitrogens with zero attached hydrogens (tertiary/aromatic N) is 5. The molecule has 0 saturated carbocycles. The van der Waals surface area contributed by atoms with Gasteiger partial charge >= 0.3 is 12.2 Å². The molecule has 0 bridgehead atoms. The Morgan fingerprint density at radius 2 is 1.94 bits per heavy atom. The number of amides is 2. The van der Waals surface area contributed by atoms with Crippen molar-refractivity contribution in [3.8, 4) is 0 Å². The Kier molecular flexibility index (Phi) is 6.79. The average molecular weight is 494 g/mol. The minimum atomic E-state index is -4.44. The van der Waals surface area contributed by atoms with Gasteiger partial charge in [-0.15, -0.1) is 34.2 Å². The van der Waals surface area contributed by atoms with Crippen LogP contribution < -0.4 is 10.2 Å². The fraction of sp³-hybridized carbons (Fsp3) is 0.250. The van der Waals surface area contributed by atoms with Crippen molar-refractivity contribution in [1.29, 1.82) is 0 Å². The van der Waals surface area contributed by atoms with Crippen molar-refractivity contribution in [3.05, 3.63) is 53.9 Å². The van der Waals surface area contributed by atoms with Gasteiger partial charge in [0.2, 0.25) is 0 Å². The van der Waals surface area contributed by atoms with E-state index in [9.17, 15) is 18.0 Å². The van der Waals surface area contributed by atoms with E-state index in [1.165, 1.54) is 23.5 Å². The topological polar surface area (TPSA) is 99.7 Å². The summed E-state index contributed by atoms with van der Waals surface area (Å²) in [6.07, 6.45) is -2.48. The van der Waals surface area contributed by atoms with Gasteiger partial charge in [-0.2, -0.15) is 18.4 Å². The molecule has 0 spiro atoms. The highest BCUT2D eigenvalue weighted by atomic mass is 32.2. The van der Waals surface area contributed by atoms with Gasteiger partial charge < -0.3 is 5.32 Å². The molecule has 8 nitrogen and oxygen atoms in total. The zero-order valence-electron chi connectivity index (χ0n) is 17.0. The molecule has 0 radical (unpaired) electrons. The van der Waals surface area contributed by atoms with Gasteiger partial charge in [0.25, 0.3) is 0 Å². The molecule has 2 aromatic heterocycles. The number of carbonyl (C=O) groups is 1. The van der Waals surface area contributed by atoms with Crippen LogP contribution >= 0.6 is 24.0 Å². The fourth-order valence-electron chi connectivity index (χ4n) is 3.19. The molecule has 4 aromatic rings. The minimum Gasteiger partial charge on any atom is -0.308 e. The van der Waals surface area contributed by atoms with Crippen LogP contribution in [0, 0.1) is 0 Å². The predicted octanol–water partition coefficient (Wildman–Crippen LogP) is 5.18. The number of aromatic amines is 1. The monoisotopic (exact) mass is 493 g/mol. The van der Waals surface area contributed by atoms with E-state index in [1.807, 2.05) is 6.07 Å². The molecule has 2 aromatic carbocycles. The molecule has 4 rings (SSSR count). The van der Waals surface area contributed by atoms with E-state index in [-0.39, 0.29) is 5.69 Å². The number of tetrazole rings is 1. The first-order chi connectivity index (χ1) is 15.8. The van der Waals surface area contributed by atoms with Crippen LogP contribution in [0.2, 0.25) is 0 Å². The number of anilines is 2. The number of fused-ring (bicyclic) bond motifs is 1. The van der Waals surface area contributed by atoms with Gasteiger partial charge in [0.05, 0.1) is 15.8 Å². The smallest absolute Gasteiger partial charge is 0.308 e. The number of hydrogen-bond acceptors (Lipinski definition) is 7. The maximum atomic E-state index is 13.1. The summed E-state index contributed by atoms with van der Waals surface area (Å²) in [6.45, 7) is 0.377. The normalized spacial score (nSPS) is 11.6. The van der Waals surface area contributed by atoms with Crippen LogP contribution in [0.5, 0.6) is 0 Å². The number of halogens is 3. The number of thiazole rings is 1. The number of rotatable bonds is 7. The van der Waals surface area contributed by atoms with Crippen molar-refractivity contribution >= 4 is 51.6 Å². The molecule has 2 N–H and O–H groups in total. The van der Waals surface area contributed by atoms with E-state index in [4.69, 9.17) is 0 Å². The lowest BCUT2D eigenvalue weighted by molar-refractivity contribution is -0.137. The SMILES string of the molecule is O=C(Nc1ccc(C(F)(F)F)cc1)N(CCCCc1nn[nH]n1)c1ccc2nc(S)sc2c1. The summed E-state index contributed by atoms with van der Waals surface area (Å²) in [4.78, 5) is 18.9. The molecule has 172 valence electrons. The van der Waals surface area contributed by atoms with Gasteiger partial charge in [0.1, 0.15) is 4.34 Å². The number of aromatic nitrogens is 5. The van der Waals surface area contributed by atoms with Crippen molar-refractivity contribution < 1.29 is 18.0 Å². The Labute approximate surface area is 195 Å². The van der Waals surface area contributed by atoms with E-state index in [0.29, 0.717) is 41.7 Å². The molecule has 0 saturated heterocycles. The lowest BCUT2D eigenvalue weighted by Crippen LogP contribution is -2.35. The van der Waals surface area contributed by atoms with Crippen molar-refractivity contribution in [1.82, 2.24) is 25.6 Å². The average Bonchev–Trinajstić information content (AvgIpc) is 3.41. The summed E-state index contributed by atoms with van der Waals surface area (Å²) in [7, 11) is 0. The quantitative estimate of drug-likeness (QED) is 0.243. The van der Waals surface area contributed by atoms with Gasteiger partial charge in [-0.05, 0) is 55.3 Å². The van der Waals surface area contributed by atoms with E-state index >= 15 is 0 Å². The first-order valence-electron chi connectivity index (χ1n) is 9.87. The van der Waals surface area contributed by atoms with Crippen LogP contribution in [0.4, 0.5) is 29.3 Å². The first-order valence-corrected chi connectivity index (χ1v) is 11.1. The summed E-state index contributed by atoms with van der Waals surface area (Å²) in [5.74, 6) is 0.586. The van der Waals surface area contributed by atoms with E-state index in [0.717, 1.165) is 22.3 Å². The van der Waals surface area contributed by atoms with Crippen LogP contribution in [-0.4, -0.2) is 38.2 Å². The molecule has 0 aliphatic carbocycles. The summed E-state index contributed by atoms with van der Waals surface area (Å²) in [6, 6.07) is 9.30. The van der Waals surface area contributed by atoms with Gasteiger partial charge in [0.15, 0.2) is 5.82 Å². The molecule has 0 aliphatic heterocycles. The Morgan fingerprint density at radius 1 is 1.15 bits per heavy atom. The van der Waals surface area contributed by atoms with Gasteiger partial charge in [0, 0.05) is 24.3 Å². The highest BCUT2D eigenvalue weighted by Crippen LogP contribution is 2.31.